The third-order valence-electron chi connectivity index (χ3n) is 3.66. The molecule has 3 aromatic rings. The zero-order chi connectivity index (χ0) is 17.8. The molecular weight excluding hydrogens is 320 g/mol. The number of aliphatic imine (C=N–C) groups is 1. The first kappa shape index (κ1) is 16.4. The molecule has 0 amide bonds. The number of benzene rings is 2. The molecule has 0 unspecified atom stereocenters. The van der Waals surface area contributed by atoms with Gasteiger partial charge in [-0.3, -0.25) is 4.99 Å². The average Bonchev–Trinajstić information content (AvgIpc) is 3.01. The van der Waals surface area contributed by atoms with Crippen molar-refractivity contribution in [3.8, 4) is 22.9 Å². The van der Waals surface area contributed by atoms with Gasteiger partial charge < -0.3 is 20.3 Å². The van der Waals surface area contributed by atoms with E-state index in [1.807, 2.05) is 24.3 Å². The van der Waals surface area contributed by atoms with Crippen LogP contribution >= 0.6 is 0 Å². The lowest BCUT2D eigenvalue weighted by Crippen LogP contribution is -2.01. The van der Waals surface area contributed by atoms with Crippen LogP contribution in [0.2, 0.25) is 0 Å². The van der Waals surface area contributed by atoms with Crippen molar-refractivity contribution >= 4 is 17.7 Å². The molecule has 0 spiro atoms. The van der Waals surface area contributed by atoms with Gasteiger partial charge in [0, 0.05) is 6.21 Å². The number of aromatic nitrogens is 2. The molecule has 0 atom stereocenters. The van der Waals surface area contributed by atoms with E-state index < -0.39 is 0 Å². The fourth-order valence-electron chi connectivity index (χ4n) is 2.30. The molecule has 0 saturated carbocycles. The summed E-state index contributed by atoms with van der Waals surface area (Å²) in [6.07, 6.45) is 3.22. The number of nitrogen functional groups attached to an aromatic ring is 1. The van der Waals surface area contributed by atoms with Gasteiger partial charge in [-0.05, 0) is 48.0 Å². The fraction of sp³-hybridized carbons (Fsp3) is 0.111. The van der Waals surface area contributed by atoms with Crippen molar-refractivity contribution in [2.45, 2.75) is 0 Å². The van der Waals surface area contributed by atoms with Gasteiger partial charge in [0.05, 0.1) is 26.1 Å². The van der Waals surface area contributed by atoms with Gasteiger partial charge in [-0.15, -0.1) is 0 Å². The Morgan fingerprint density at radius 3 is 2.56 bits per heavy atom. The Kier molecular flexibility index (Phi) is 4.56. The highest BCUT2D eigenvalue weighted by Crippen LogP contribution is 2.27. The first-order valence-electron chi connectivity index (χ1n) is 7.51. The Hall–Kier alpha value is -3.48. The Morgan fingerprint density at radius 2 is 1.88 bits per heavy atom. The van der Waals surface area contributed by atoms with E-state index in [2.05, 4.69) is 10.1 Å². The number of aromatic hydroxyl groups is 1. The number of ether oxygens (including phenoxy) is 2. The summed E-state index contributed by atoms with van der Waals surface area (Å²) in [6.45, 7) is 0. The van der Waals surface area contributed by atoms with Crippen LogP contribution in [0.3, 0.4) is 0 Å². The number of nitrogens with zero attached hydrogens (tertiary/aromatic N) is 3. The fourth-order valence-corrected chi connectivity index (χ4v) is 2.30. The lowest BCUT2D eigenvalue weighted by molar-refractivity contribution is 0.373. The van der Waals surface area contributed by atoms with Crippen molar-refractivity contribution in [2.24, 2.45) is 4.99 Å². The maximum Gasteiger partial charge on any atom is 0.161 e. The van der Waals surface area contributed by atoms with Crippen molar-refractivity contribution < 1.29 is 14.6 Å². The van der Waals surface area contributed by atoms with E-state index in [-0.39, 0.29) is 5.75 Å². The minimum Gasteiger partial charge on any atom is -0.504 e. The van der Waals surface area contributed by atoms with Crippen molar-refractivity contribution in [3.05, 3.63) is 54.2 Å². The van der Waals surface area contributed by atoms with Gasteiger partial charge in [0.1, 0.15) is 11.4 Å². The number of nitrogens with two attached hydrogens (primary N) is 1. The molecular formula is C18H18N4O3. The molecule has 7 nitrogen and oxygen atoms in total. The Bertz CT molecular complexity index is 901. The Labute approximate surface area is 145 Å². The Morgan fingerprint density at radius 1 is 1.12 bits per heavy atom. The number of hydrogen-bond donors (Lipinski definition) is 2. The molecule has 1 aromatic heterocycles. The van der Waals surface area contributed by atoms with Crippen molar-refractivity contribution in [2.75, 3.05) is 20.0 Å². The SMILES string of the molecule is COc1ccc(-n2ncc(N=Cc3ccc(O)c(OC)c3)c2N)cc1. The summed E-state index contributed by atoms with van der Waals surface area (Å²) < 4.78 is 11.8. The van der Waals surface area contributed by atoms with Gasteiger partial charge in [0.15, 0.2) is 17.3 Å². The van der Waals surface area contributed by atoms with Gasteiger partial charge in [-0.25, -0.2) is 4.68 Å². The van der Waals surface area contributed by atoms with Gasteiger partial charge in [0.25, 0.3) is 0 Å². The van der Waals surface area contributed by atoms with Crippen LogP contribution in [-0.4, -0.2) is 35.3 Å². The van der Waals surface area contributed by atoms with Crippen LogP contribution in [0.25, 0.3) is 5.69 Å². The summed E-state index contributed by atoms with van der Waals surface area (Å²) in [4.78, 5) is 4.37. The van der Waals surface area contributed by atoms with Gasteiger partial charge >= 0.3 is 0 Å². The second-order valence-corrected chi connectivity index (χ2v) is 5.21. The minimum absolute atomic E-state index is 0.0755. The van der Waals surface area contributed by atoms with Crippen molar-refractivity contribution in [1.82, 2.24) is 9.78 Å². The van der Waals surface area contributed by atoms with Crippen LogP contribution in [0.15, 0.2) is 53.7 Å². The van der Waals surface area contributed by atoms with E-state index >= 15 is 0 Å². The zero-order valence-corrected chi connectivity index (χ0v) is 13.9. The van der Waals surface area contributed by atoms with E-state index in [1.165, 1.54) is 7.11 Å². The van der Waals surface area contributed by atoms with E-state index in [9.17, 15) is 5.11 Å². The molecule has 0 fully saturated rings. The topological polar surface area (TPSA) is 94.9 Å². The highest BCUT2D eigenvalue weighted by molar-refractivity contribution is 5.84. The molecule has 2 aromatic carbocycles. The lowest BCUT2D eigenvalue weighted by Gasteiger charge is -2.05. The molecule has 0 aliphatic rings. The van der Waals surface area contributed by atoms with Crippen LogP contribution in [-0.2, 0) is 0 Å². The number of hydrogen-bond acceptors (Lipinski definition) is 6. The molecule has 128 valence electrons. The molecule has 0 aliphatic carbocycles. The summed E-state index contributed by atoms with van der Waals surface area (Å²) in [7, 11) is 3.11. The zero-order valence-electron chi connectivity index (χ0n) is 13.9. The summed E-state index contributed by atoms with van der Waals surface area (Å²) in [6, 6.07) is 12.4. The first-order valence-corrected chi connectivity index (χ1v) is 7.51. The van der Waals surface area contributed by atoms with Crippen LogP contribution in [0.5, 0.6) is 17.2 Å². The van der Waals surface area contributed by atoms with Crippen molar-refractivity contribution in [3.63, 3.8) is 0 Å². The lowest BCUT2D eigenvalue weighted by atomic mass is 10.2. The minimum atomic E-state index is 0.0755. The van der Waals surface area contributed by atoms with E-state index in [1.54, 1.807) is 42.4 Å². The highest BCUT2D eigenvalue weighted by Gasteiger charge is 2.08. The number of anilines is 1. The van der Waals surface area contributed by atoms with Gasteiger partial charge in [0.2, 0.25) is 0 Å². The molecule has 0 bridgehead atoms. The molecule has 0 radical (unpaired) electrons. The quantitative estimate of drug-likeness (QED) is 0.698. The largest absolute Gasteiger partial charge is 0.504 e. The molecule has 0 saturated heterocycles. The van der Waals surface area contributed by atoms with Gasteiger partial charge in [-0.1, -0.05) is 0 Å². The van der Waals surface area contributed by atoms with Crippen molar-refractivity contribution in [1.29, 1.82) is 0 Å². The van der Waals surface area contributed by atoms with E-state index in [0.29, 0.717) is 17.3 Å². The van der Waals surface area contributed by atoms with E-state index in [0.717, 1.165) is 17.0 Å². The molecule has 7 heteroatoms. The van der Waals surface area contributed by atoms with Crippen LogP contribution in [0.4, 0.5) is 11.5 Å². The average molecular weight is 338 g/mol. The summed E-state index contributed by atoms with van der Waals surface area (Å²) in [5, 5.41) is 13.9. The number of phenols is 1. The third kappa shape index (κ3) is 3.40. The standard InChI is InChI=1S/C18H18N4O3/c1-24-14-6-4-13(5-7-14)22-18(19)15(11-21-22)20-10-12-3-8-16(23)17(9-12)25-2/h3-11,23H,19H2,1-2H3. The normalized spacial score (nSPS) is 11.0. The molecule has 25 heavy (non-hydrogen) atoms. The molecule has 3 N–H and O–H groups in total. The van der Waals surface area contributed by atoms with Crippen LogP contribution in [0, 0.1) is 0 Å². The number of methoxy groups -OCH3 is 2. The van der Waals surface area contributed by atoms with E-state index in [4.69, 9.17) is 15.2 Å². The third-order valence-corrected chi connectivity index (χ3v) is 3.66. The second-order valence-electron chi connectivity index (χ2n) is 5.21. The molecule has 1 heterocycles. The number of rotatable bonds is 5. The maximum atomic E-state index is 9.62. The molecule has 3 rings (SSSR count). The van der Waals surface area contributed by atoms with Crippen LogP contribution < -0.4 is 15.2 Å². The Balaban J connectivity index is 1.85. The summed E-state index contributed by atoms with van der Waals surface area (Å²) in [5.74, 6) is 1.64. The predicted molar refractivity (Wildman–Crippen MR) is 96.4 cm³/mol. The maximum absolute atomic E-state index is 9.62. The number of phenolic OH excluding ortho intramolecular Hbond substituents is 1. The summed E-state index contributed by atoms with van der Waals surface area (Å²) in [5.41, 5.74) is 8.27. The molecule has 0 aliphatic heterocycles. The second kappa shape index (κ2) is 6.96. The smallest absolute Gasteiger partial charge is 0.161 e. The van der Waals surface area contributed by atoms with Gasteiger partial charge in [-0.2, -0.15) is 5.10 Å². The summed E-state index contributed by atoms with van der Waals surface area (Å²) >= 11 is 0. The van der Waals surface area contributed by atoms with Crippen LogP contribution in [0.1, 0.15) is 5.56 Å². The predicted octanol–water partition coefficient (Wildman–Crippen LogP) is 2.93. The first-order chi connectivity index (χ1) is 12.1. The monoisotopic (exact) mass is 338 g/mol. The highest BCUT2D eigenvalue weighted by atomic mass is 16.5.